The van der Waals surface area contributed by atoms with E-state index in [0.717, 1.165) is 11.5 Å². The SMILES string of the molecule is CN(Cc1ccc(F)cc1Cl)C(=O)c1ccccc1NS(=O)(=O)c1nccc2sncc12. The fraction of sp³-hybridized carbons (Fsp3) is 0.0952. The molecule has 0 aliphatic heterocycles. The van der Waals surface area contributed by atoms with E-state index < -0.39 is 21.7 Å². The van der Waals surface area contributed by atoms with Crippen molar-refractivity contribution in [2.45, 2.75) is 11.6 Å². The monoisotopic (exact) mass is 490 g/mol. The van der Waals surface area contributed by atoms with Crippen molar-refractivity contribution >= 4 is 54.8 Å². The van der Waals surface area contributed by atoms with Crippen molar-refractivity contribution in [3.8, 4) is 0 Å². The van der Waals surface area contributed by atoms with Crippen LogP contribution in [-0.4, -0.2) is 35.6 Å². The third-order valence-corrected chi connectivity index (χ3v) is 7.11. The van der Waals surface area contributed by atoms with Gasteiger partial charge in [-0.2, -0.15) is 12.8 Å². The summed E-state index contributed by atoms with van der Waals surface area (Å²) in [6, 6.07) is 11.9. The summed E-state index contributed by atoms with van der Waals surface area (Å²) < 4.78 is 46.6. The average Bonchev–Trinajstić information content (AvgIpc) is 3.24. The lowest BCUT2D eigenvalue weighted by Crippen LogP contribution is -2.28. The van der Waals surface area contributed by atoms with Crippen LogP contribution in [0.25, 0.3) is 10.1 Å². The van der Waals surface area contributed by atoms with Gasteiger partial charge in [0, 0.05) is 24.8 Å². The minimum atomic E-state index is -4.09. The van der Waals surface area contributed by atoms with Crippen LogP contribution in [0.4, 0.5) is 10.1 Å². The molecule has 0 unspecified atom stereocenters. The molecule has 0 fully saturated rings. The molecule has 32 heavy (non-hydrogen) atoms. The Bertz CT molecular complexity index is 1430. The van der Waals surface area contributed by atoms with Gasteiger partial charge >= 0.3 is 0 Å². The number of para-hydroxylation sites is 1. The number of hydrogen-bond acceptors (Lipinski definition) is 6. The smallest absolute Gasteiger partial charge is 0.280 e. The van der Waals surface area contributed by atoms with E-state index in [2.05, 4.69) is 14.1 Å². The van der Waals surface area contributed by atoms with Crippen LogP contribution in [0, 0.1) is 5.82 Å². The van der Waals surface area contributed by atoms with Gasteiger partial charge in [0.25, 0.3) is 15.9 Å². The second kappa shape index (κ2) is 8.81. The van der Waals surface area contributed by atoms with Gasteiger partial charge in [-0.15, -0.1) is 0 Å². The maximum absolute atomic E-state index is 13.3. The zero-order chi connectivity index (χ0) is 22.9. The summed E-state index contributed by atoms with van der Waals surface area (Å²) in [6.07, 6.45) is 2.84. The van der Waals surface area contributed by atoms with Gasteiger partial charge in [-0.05, 0) is 47.4 Å². The Morgan fingerprint density at radius 2 is 2.00 bits per heavy atom. The highest BCUT2D eigenvalue weighted by molar-refractivity contribution is 7.92. The summed E-state index contributed by atoms with van der Waals surface area (Å²) >= 11 is 7.23. The number of carbonyl (C=O) groups excluding carboxylic acids is 1. The minimum Gasteiger partial charge on any atom is -0.337 e. The topological polar surface area (TPSA) is 92.3 Å². The lowest BCUT2D eigenvalue weighted by atomic mass is 10.1. The fourth-order valence-electron chi connectivity index (χ4n) is 3.12. The van der Waals surface area contributed by atoms with Crippen molar-refractivity contribution in [2.24, 2.45) is 0 Å². The highest BCUT2D eigenvalue weighted by Crippen LogP contribution is 2.27. The van der Waals surface area contributed by atoms with E-state index in [4.69, 9.17) is 11.6 Å². The number of nitrogens with zero attached hydrogens (tertiary/aromatic N) is 3. The molecule has 0 aliphatic carbocycles. The quantitative estimate of drug-likeness (QED) is 0.428. The second-order valence-corrected chi connectivity index (χ2v) is 9.74. The molecule has 1 N–H and O–H groups in total. The molecule has 0 aliphatic rings. The Labute approximate surface area is 192 Å². The van der Waals surface area contributed by atoms with Crippen molar-refractivity contribution in [3.63, 3.8) is 0 Å². The highest BCUT2D eigenvalue weighted by atomic mass is 35.5. The number of fused-ring (bicyclic) bond motifs is 1. The predicted octanol–water partition coefficient (Wildman–Crippen LogP) is 4.56. The van der Waals surface area contributed by atoms with Crippen molar-refractivity contribution in [3.05, 3.63) is 82.9 Å². The minimum absolute atomic E-state index is 0.108. The van der Waals surface area contributed by atoms with Gasteiger partial charge in [0.2, 0.25) is 0 Å². The van der Waals surface area contributed by atoms with Crippen LogP contribution >= 0.6 is 23.1 Å². The number of hydrogen-bond donors (Lipinski definition) is 1. The number of rotatable bonds is 6. The van der Waals surface area contributed by atoms with E-state index in [-0.39, 0.29) is 27.8 Å². The van der Waals surface area contributed by atoms with E-state index in [1.54, 1.807) is 25.2 Å². The molecule has 0 radical (unpaired) electrons. The Morgan fingerprint density at radius 1 is 1.22 bits per heavy atom. The molecule has 11 heteroatoms. The predicted molar refractivity (Wildman–Crippen MR) is 122 cm³/mol. The van der Waals surface area contributed by atoms with Crippen LogP contribution in [0.15, 0.2) is 66.0 Å². The summed E-state index contributed by atoms with van der Waals surface area (Å²) in [4.78, 5) is 18.5. The zero-order valence-corrected chi connectivity index (χ0v) is 19.0. The number of nitrogens with one attached hydrogen (secondary N) is 1. The van der Waals surface area contributed by atoms with Gasteiger partial charge in [0.1, 0.15) is 5.82 Å². The summed E-state index contributed by atoms with van der Waals surface area (Å²) in [7, 11) is -2.54. The Kier molecular flexibility index (Phi) is 6.09. The van der Waals surface area contributed by atoms with Crippen molar-refractivity contribution in [2.75, 3.05) is 11.8 Å². The molecule has 0 atom stereocenters. The molecule has 0 saturated heterocycles. The molecule has 2 aromatic heterocycles. The molecule has 0 saturated carbocycles. The van der Waals surface area contributed by atoms with Crippen molar-refractivity contribution in [1.29, 1.82) is 0 Å². The third-order valence-electron chi connectivity index (χ3n) is 4.67. The van der Waals surface area contributed by atoms with Crippen LogP contribution < -0.4 is 4.72 Å². The second-order valence-electron chi connectivity index (χ2n) is 6.90. The van der Waals surface area contributed by atoms with Crippen LogP contribution in [-0.2, 0) is 16.6 Å². The zero-order valence-electron chi connectivity index (χ0n) is 16.6. The van der Waals surface area contributed by atoms with Crippen LogP contribution in [0.2, 0.25) is 5.02 Å². The first kappa shape index (κ1) is 22.1. The Morgan fingerprint density at radius 3 is 2.78 bits per heavy atom. The van der Waals surface area contributed by atoms with Gasteiger partial charge < -0.3 is 4.90 Å². The molecule has 1 amide bonds. The molecule has 7 nitrogen and oxygen atoms in total. The van der Waals surface area contributed by atoms with Gasteiger partial charge in [0.05, 0.1) is 27.5 Å². The third kappa shape index (κ3) is 4.43. The Balaban J connectivity index is 1.62. The van der Waals surface area contributed by atoms with Gasteiger partial charge in [-0.3, -0.25) is 9.52 Å². The van der Waals surface area contributed by atoms with Crippen LogP contribution in [0.3, 0.4) is 0 Å². The van der Waals surface area contributed by atoms with E-state index in [0.29, 0.717) is 15.6 Å². The number of amides is 1. The lowest BCUT2D eigenvalue weighted by Gasteiger charge is -2.20. The number of anilines is 1. The first-order valence-corrected chi connectivity index (χ1v) is 11.9. The van der Waals surface area contributed by atoms with E-state index >= 15 is 0 Å². The lowest BCUT2D eigenvalue weighted by molar-refractivity contribution is 0.0786. The number of benzene rings is 2. The number of carbonyl (C=O) groups is 1. The van der Waals surface area contributed by atoms with Crippen molar-refractivity contribution < 1.29 is 17.6 Å². The first-order valence-electron chi connectivity index (χ1n) is 9.27. The number of aromatic nitrogens is 2. The number of halogens is 2. The largest absolute Gasteiger partial charge is 0.337 e. The molecule has 164 valence electrons. The molecule has 0 spiro atoms. The maximum atomic E-state index is 13.3. The summed E-state index contributed by atoms with van der Waals surface area (Å²) in [6.45, 7) is 0.112. The van der Waals surface area contributed by atoms with Crippen molar-refractivity contribution in [1.82, 2.24) is 14.3 Å². The molecule has 2 aromatic carbocycles. The van der Waals surface area contributed by atoms with Gasteiger partial charge in [0.15, 0.2) is 5.03 Å². The normalized spacial score (nSPS) is 11.5. The average molecular weight is 491 g/mol. The maximum Gasteiger partial charge on any atom is 0.280 e. The standard InChI is InChI=1S/C21H16ClFN4O3S2/c1-27(12-13-6-7-14(23)10-17(13)22)21(28)15-4-2-3-5-18(15)26-32(29,30)20-16-11-25-31-19(16)8-9-24-20/h2-11,26H,12H2,1H3. The summed E-state index contributed by atoms with van der Waals surface area (Å²) in [5.41, 5.74) is 0.812. The summed E-state index contributed by atoms with van der Waals surface area (Å²) in [5, 5.41) is 0.427. The van der Waals surface area contributed by atoms with E-state index in [1.165, 1.54) is 47.6 Å². The highest BCUT2D eigenvalue weighted by Gasteiger charge is 2.24. The number of pyridine rings is 1. The molecule has 4 rings (SSSR count). The van der Waals surface area contributed by atoms with Crippen LogP contribution in [0.5, 0.6) is 0 Å². The number of sulfonamides is 1. The molecule has 4 aromatic rings. The molecule has 2 heterocycles. The fourth-order valence-corrected chi connectivity index (χ4v) is 5.27. The van der Waals surface area contributed by atoms with Gasteiger partial charge in [-0.1, -0.05) is 29.8 Å². The Hall–Kier alpha value is -3.08. The summed E-state index contributed by atoms with van der Waals surface area (Å²) in [5.74, 6) is -0.913. The molecular formula is C21H16ClFN4O3S2. The molecular weight excluding hydrogens is 475 g/mol. The van der Waals surface area contributed by atoms with E-state index in [9.17, 15) is 17.6 Å². The first-order chi connectivity index (χ1) is 15.3. The molecule has 0 bridgehead atoms. The van der Waals surface area contributed by atoms with Crippen LogP contribution in [0.1, 0.15) is 15.9 Å². The van der Waals surface area contributed by atoms with E-state index in [1.807, 2.05) is 0 Å². The van der Waals surface area contributed by atoms with Gasteiger partial charge in [-0.25, -0.2) is 9.37 Å².